The molecule has 1 aliphatic carbocycles. The van der Waals surface area contributed by atoms with Gasteiger partial charge in [-0.25, -0.2) is 4.39 Å². The fraction of sp³-hybridized carbons (Fsp3) is 0.562. The van der Waals surface area contributed by atoms with E-state index >= 15 is 0 Å². The van der Waals surface area contributed by atoms with Gasteiger partial charge in [-0.2, -0.15) is 0 Å². The zero-order valence-corrected chi connectivity index (χ0v) is 12.7. The summed E-state index contributed by atoms with van der Waals surface area (Å²) in [4.78, 5) is 6.26. The van der Waals surface area contributed by atoms with Gasteiger partial charge in [0.25, 0.3) is 0 Å². The summed E-state index contributed by atoms with van der Waals surface area (Å²) in [5.74, 6) is 1.07. The highest BCUT2D eigenvalue weighted by Gasteiger charge is 2.16. The number of halogens is 1. The summed E-state index contributed by atoms with van der Waals surface area (Å²) in [6.07, 6.45) is 4.77. The third-order valence-corrected chi connectivity index (χ3v) is 3.98. The molecule has 0 saturated heterocycles. The van der Waals surface area contributed by atoms with Crippen LogP contribution in [0.5, 0.6) is 0 Å². The van der Waals surface area contributed by atoms with Crippen LogP contribution in [0.3, 0.4) is 0 Å². The first-order chi connectivity index (χ1) is 10.2. The van der Waals surface area contributed by atoms with E-state index in [0.29, 0.717) is 11.6 Å². The lowest BCUT2D eigenvalue weighted by Crippen LogP contribution is -2.34. The summed E-state index contributed by atoms with van der Waals surface area (Å²) >= 11 is 0. The molecular weight excluding hydrogens is 267 g/mol. The molecule has 21 heavy (non-hydrogen) atoms. The molecule has 1 aromatic carbocycles. The number of para-hydroxylation sites is 1. The van der Waals surface area contributed by atoms with Gasteiger partial charge in [-0.05, 0) is 37.3 Å². The molecule has 4 nitrogen and oxygen atoms in total. The SMILES string of the molecule is CN(CCCNC(N)=NCC1CCC1)c1ccccc1F. The van der Waals surface area contributed by atoms with Crippen LogP contribution in [0.4, 0.5) is 10.1 Å². The van der Waals surface area contributed by atoms with Crippen molar-refractivity contribution in [3.05, 3.63) is 30.1 Å². The van der Waals surface area contributed by atoms with Gasteiger partial charge in [0.2, 0.25) is 0 Å². The van der Waals surface area contributed by atoms with Gasteiger partial charge in [0.05, 0.1) is 5.69 Å². The maximum absolute atomic E-state index is 13.6. The van der Waals surface area contributed by atoms with Crippen LogP contribution >= 0.6 is 0 Å². The molecule has 1 aliphatic rings. The summed E-state index contributed by atoms with van der Waals surface area (Å²) in [6.45, 7) is 2.36. The van der Waals surface area contributed by atoms with Crippen molar-refractivity contribution < 1.29 is 4.39 Å². The summed E-state index contributed by atoms with van der Waals surface area (Å²) in [5, 5.41) is 3.11. The Labute approximate surface area is 126 Å². The predicted octanol–water partition coefficient (Wildman–Crippen LogP) is 2.36. The van der Waals surface area contributed by atoms with Crippen LogP contribution in [0.25, 0.3) is 0 Å². The van der Waals surface area contributed by atoms with Crippen LogP contribution in [0.15, 0.2) is 29.3 Å². The summed E-state index contributed by atoms with van der Waals surface area (Å²) in [6, 6.07) is 6.82. The lowest BCUT2D eigenvalue weighted by molar-refractivity contribution is 0.326. The van der Waals surface area contributed by atoms with Crippen molar-refractivity contribution in [2.45, 2.75) is 25.7 Å². The van der Waals surface area contributed by atoms with E-state index in [2.05, 4.69) is 10.3 Å². The van der Waals surface area contributed by atoms with Gasteiger partial charge in [-0.15, -0.1) is 0 Å². The standard InChI is InChI=1S/C16H25FN4/c1-21(15-9-3-2-8-14(15)17)11-5-10-19-16(18)20-12-13-6-4-7-13/h2-3,8-9,13H,4-7,10-12H2,1H3,(H3,18,19,20). The molecule has 5 heteroatoms. The molecule has 0 heterocycles. The van der Waals surface area contributed by atoms with Crippen LogP contribution in [0, 0.1) is 11.7 Å². The first-order valence-corrected chi connectivity index (χ1v) is 7.66. The fourth-order valence-electron chi connectivity index (χ4n) is 2.37. The van der Waals surface area contributed by atoms with Crippen molar-refractivity contribution in [1.29, 1.82) is 0 Å². The van der Waals surface area contributed by atoms with E-state index in [4.69, 9.17) is 5.73 Å². The number of nitrogens with two attached hydrogens (primary N) is 1. The molecule has 0 amide bonds. The molecule has 0 radical (unpaired) electrons. The van der Waals surface area contributed by atoms with Crippen molar-refractivity contribution in [2.24, 2.45) is 16.6 Å². The molecule has 1 aromatic rings. The van der Waals surface area contributed by atoms with Gasteiger partial charge >= 0.3 is 0 Å². The highest BCUT2D eigenvalue weighted by atomic mass is 19.1. The Hall–Kier alpha value is -1.78. The molecule has 0 atom stereocenters. The number of anilines is 1. The summed E-state index contributed by atoms with van der Waals surface area (Å²) in [5.41, 5.74) is 6.45. The van der Waals surface area contributed by atoms with Gasteiger partial charge in [0.15, 0.2) is 5.96 Å². The highest BCUT2D eigenvalue weighted by Crippen LogP contribution is 2.26. The van der Waals surface area contributed by atoms with E-state index in [1.165, 1.54) is 25.3 Å². The average Bonchev–Trinajstić information content (AvgIpc) is 2.42. The van der Waals surface area contributed by atoms with Crippen LogP contribution in [0.1, 0.15) is 25.7 Å². The highest BCUT2D eigenvalue weighted by molar-refractivity contribution is 5.77. The predicted molar refractivity (Wildman–Crippen MR) is 86.1 cm³/mol. The lowest BCUT2D eigenvalue weighted by Gasteiger charge is -2.23. The maximum Gasteiger partial charge on any atom is 0.188 e. The Morgan fingerprint density at radius 3 is 2.86 bits per heavy atom. The molecule has 1 fully saturated rings. The maximum atomic E-state index is 13.6. The normalized spacial score (nSPS) is 15.6. The van der Waals surface area contributed by atoms with Crippen LogP contribution < -0.4 is 16.0 Å². The Morgan fingerprint density at radius 2 is 2.19 bits per heavy atom. The number of aliphatic imine (C=N–C) groups is 1. The largest absolute Gasteiger partial charge is 0.372 e. The first kappa shape index (κ1) is 15.6. The summed E-state index contributed by atoms with van der Waals surface area (Å²) in [7, 11) is 1.90. The van der Waals surface area contributed by atoms with Gasteiger partial charge in [-0.1, -0.05) is 18.6 Å². The summed E-state index contributed by atoms with van der Waals surface area (Å²) < 4.78 is 13.6. The second-order valence-corrected chi connectivity index (χ2v) is 5.68. The zero-order valence-electron chi connectivity index (χ0n) is 12.7. The van der Waals surface area contributed by atoms with Gasteiger partial charge in [0.1, 0.15) is 5.82 Å². The van der Waals surface area contributed by atoms with Crippen molar-refractivity contribution in [2.75, 3.05) is 31.6 Å². The van der Waals surface area contributed by atoms with E-state index in [1.807, 2.05) is 18.0 Å². The Balaban J connectivity index is 1.63. The second-order valence-electron chi connectivity index (χ2n) is 5.68. The molecule has 0 spiro atoms. The average molecular weight is 292 g/mol. The van der Waals surface area contributed by atoms with E-state index < -0.39 is 0 Å². The lowest BCUT2D eigenvalue weighted by atomic mass is 9.86. The molecule has 0 aromatic heterocycles. The molecule has 3 N–H and O–H groups in total. The smallest absolute Gasteiger partial charge is 0.188 e. The molecule has 1 saturated carbocycles. The van der Waals surface area contributed by atoms with Crippen LogP contribution in [-0.4, -0.2) is 32.6 Å². The minimum atomic E-state index is -0.186. The van der Waals surface area contributed by atoms with Gasteiger partial charge in [0, 0.05) is 26.7 Å². The van der Waals surface area contributed by atoms with Crippen LogP contribution in [-0.2, 0) is 0 Å². The number of nitrogens with one attached hydrogen (secondary N) is 1. The van der Waals surface area contributed by atoms with E-state index in [1.54, 1.807) is 12.1 Å². The monoisotopic (exact) mass is 292 g/mol. The Kier molecular flexibility index (Phi) is 5.84. The van der Waals surface area contributed by atoms with Gasteiger partial charge < -0.3 is 16.0 Å². The molecule has 116 valence electrons. The second kappa shape index (κ2) is 7.86. The van der Waals surface area contributed by atoms with E-state index in [0.717, 1.165) is 32.0 Å². The quantitative estimate of drug-likeness (QED) is 0.461. The number of hydrogen-bond acceptors (Lipinski definition) is 2. The van der Waals surface area contributed by atoms with Crippen molar-refractivity contribution in [1.82, 2.24) is 5.32 Å². The molecule has 0 bridgehead atoms. The molecule has 0 aliphatic heterocycles. The fourth-order valence-corrected chi connectivity index (χ4v) is 2.37. The van der Waals surface area contributed by atoms with E-state index in [9.17, 15) is 4.39 Å². The topological polar surface area (TPSA) is 53.6 Å². The zero-order chi connectivity index (χ0) is 15.1. The first-order valence-electron chi connectivity index (χ1n) is 7.66. The minimum absolute atomic E-state index is 0.186. The third kappa shape index (κ3) is 4.92. The number of hydrogen-bond donors (Lipinski definition) is 2. The molecule has 2 rings (SSSR count). The number of nitrogens with zero attached hydrogens (tertiary/aromatic N) is 2. The molecule has 0 unspecified atom stereocenters. The Morgan fingerprint density at radius 1 is 1.43 bits per heavy atom. The van der Waals surface area contributed by atoms with E-state index in [-0.39, 0.29) is 5.82 Å². The molecular formula is C16H25FN4. The van der Waals surface area contributed by atoms with Gasteiger partial charge in [-0.3, -0.25) is 4.99 Å². The Bertz CT molecular complexity index is 471. The van der Waals surface area contributed by atoms with Crippen molar-refractivity contribution in [3.8, 4) is 0 Å². The minimum Gasteiger partial charge on any atom is -0.372 e. The number of guanidine groups is 1. The number of benzene rings is 1. The number of rotatable bonds is 7. The van der Waals surface area contributed by atoms with Crippen molar-refractivity contribution in [3.63, 3.8) is 0 Å². The third-order valence-electron chi connectivity index (χ3n) is 3.98. The van der Waals surface area contributed by atoms with Crippen molar-refractivity contribution >= 4 is 11.6 Å². The van der Waals surface area contributed by atoms with Crippen LogP contribution in [0.2, 0.25) is 0 Å².